The van der Waals surface area contributed by atoms with Crippen LogP contribution in [0.3, 0.4) is 0 Å². The fraction of sp³-hybridized carbons (Fsp3) is 0.133. The van der Waals surface area contributed by atoms with Gasteiger partial charge in [-0.1, -0.05) is 23.7 Å². The van der Waals surface area contributed by atoms with Crippen LogP contribution >= 0.6 is 11.6 Å². The van der Waals surface area contributed by atoms with Crippen LogP contribution in [-0.2, 0) is 11.2 Å². The molecule has 5 heteroatoms. The van der Waals surface area contributed by atoms with Crippen molar-refractivity contribution in [3.63, 3.8) is 0 Å². The summed E-state index contributed by atoms with van der Waals surface area (Å²) in [6, 6.07) is 9.74. The molecule has 0 aliphatic carbocycles. The Labute approximate surface area is 119 Å². The molecule has 0 bridgehead atoms. The highest BCUT2D eigenvalue weighted by Crippen LogP contribution is 2.17. The first kappa shape index (κ1) is 14.5. The molecule has 0 atom stereocenters. The Morgan fingerprint density at radius 2 is 1.95 bits per heavy atom. The van der Waals surface area contributed by atoms with Crippen LogP contribution in [0.5, 0.6) is 5.75 Å². The highest BCUT2D eigenvalue weighted by atomic mass is 35.5. The van der Waals surface area contributed by atoms with Crippen LogP contribution in [0.4, 0.5) is 8.78 Å². The molecule has 0 saturated carbocycles. The van der Waals surface area contributed by atoms with E-state index in [1.54, 1.807) is 24.3 Å². The summed E-state index contributed by atoms with van der Waals surface area (Å²) < 4.78 is 31.4. The van der Waals surface area contributed by atoms with E-state index in [1.807, 2.05) is 0 Å². The van der Waals surface area contributed by atoms with E-state index >= 15 is 0 Å². The molecule has 0 fully saturated rings. The number of benzene rings is 2. The fourth-order valence-electron chi connectivity index (χ4n) is 1.65. The number of hydrogen-bond donors (Lipinski definition) is 0. The summed E-state index contributed by atoms with van der Waals surface area (Å²) in [5, 5.41) is 0.500. The molecule has 0 unspecified atom stereocenters. The van der Waals surface area contributed by atoms with Crippen LogP contribution in [0.15, 0.2) is 42.5 Å². The van der Waals surface area contributed by atoms with Crippen molar-refractivity contribution in [2.24, 2.45) is 0 Å². The first-order valence-electron chi connectivity index (χ1n) is 5.88. The average molecular weight is 297 g/mol. The van der Waals surface area contributed by atoms with Crippen LogP contribution in [0.1, 0.15) is 5.56 Å². The van der Waals surface area contributed by atoms with Gasteiger partial charge in [0.25, 0.3) is 0 Å². The Morgan fingerprint density at radius 3 is 2.65 bits per heavy atom. The van der Waals surface area contributed by atoms with Crippen LogP contribution in [0, 0.1) is 11.6 Å². The molecule has 0 N–H and O–H groups in total. The molecular weight excluding hydrogens is 286 g/mol. The molecule has 104 valence electrons. The second-order valence-electron chi connectivity index (χ2n) is 4.20. The average Bonchev–Trinajstić information content (AvgIpc) is 2.40. The van der Waals surface area contributed by atoms with Crippen molar-refractivity contribution in [2.75, 3.05) is 6.61 Å². The highest BCUT2D eigenvalue weighted by Gasteiger charge is 2.10. The van der Waals surface area contributed by atoms with Crippen molar-refractivity contribution >= 4 is 17.4 Å². The Kier molecular flexibility index (Phi) is 4.69. The summed E-state index contributed by atoms with van der Waals surface area (Å²) in [6.07, 6.45) is -0.146. The number of carbonyl (C=O) groups is 1. The van der Waals surface area contributed by atoms with E-state index in [1.165, 1.54) is 6.07 Å². The quantitative estimate of drug-likeness (QED) is 0.838. The predicted octanol–water partition coefficient (Wildman–Crippen LogP) is 3.81. The zero-order valence-corrected chi connectivity index (χ0v) is 11.2. The molecule has 2 aromatic carbocycles. The molecule has 2 aromatic rings. The maximum absolute atomic E-state index is 13.4. The molecule has 0 saturated heterocycles. The molecule has 2 rings (SSSR count). The summed E-state index contributed by atoms with van der Waals surface area (Å²) >= 11 is 5.78. The number of Topliss-reactive ketones (excluding diaryl/α,β-unsaturated/α-hetero) is 1. The summed E-state index contributed by atoms with van der Waals surface area (Å²) in [5.74, 6) is -1.25. The second kappa shape index (κ2) is 6.48. The van der Waals surface area contributed by atoms with Gasteiger partial charge in [-0.25, -0.2) is 8.78 Å². The lowest BCUT2D eigenvalue weighted by Gasteiger charge is -2.06. The standard InChI is InChI=1S/C15H11ClF2O2/c16-11-2-1-3-14(7-11)20-9-13(19)6-10-4-5-12(17)8-15(10)18/h1-5,7-8H,6,9H2. The summed E-state index contributed by atoms with van der Waals surface area (Å²) in [6.45, 7) is -0.197. The zero-order valence-electron chi connectivity index (χ0n) is 10.4. The highest BCUT2D eigenvalue weighted by molar-refractivity contribution is 6.30. The van der Waals surface area contributed by atoms with E-state index in [0.717, 1.165) is 12.1 Å². The maximum Gasteiger partial charge on any atom is 0.174 e. The Balaban J connectivity index is 1.92. The van der Waals surface area contributed by atoms with Gasteiger partial charge in [0.05, 0.1) is 0 Å². The van der Waals surface area contributed by atoms with E-state index in [2.05, 4.69) is 0 Å². The molecule has 0 aromatic heterocycles. The van der Waals surface area contributed by atoms with Gasteiger partial charge in [-0.2, -0.15) is 0 Å². The van der Waals surface area contributed by atoms with Crippen molar-refractivity contribution < 1.29 is 18.3 Å². The topological polar surface area (TPSA) is 26.3 Å². The first-order chi connectivity index (χ1) is 9.54. The molecule has 0 amide bonds. The van der Waals surface area contributed by atoms with E-state index < -0.39 is 11.6 Å². The number of rotatable bonds is 5. The lowest BCUT2D eigenvalue weighted by Crippen LogP contribution is -2.14. The minimum Gasteiger partial charge on any atom is -0.486 e. The number of ketones is 1. The molecule has 0 radical (unpaired) electrons. The minimum atomic E-state index is -0.735. The summed E-state index contributed by atoms with van der Waals surface area (Å²) in [7, 11) is 0. The van der Waals surface area contributed by atoms with Gasteiger partial charge in [0.15, 0.2) is 5.78 Å². The van der Waals surface area contributed by atoms with E-state index in [-0.39, 0.29) is 24.4 Å². The number of halogens is 3. The third-order valence-electron chi connectivity index (χ3n) is 2.60. The molecule has 0 aliphatic heterocycles. The fourth-order valence-corrected chi connectivity index (χ4v) is 1.83. The third-order valence-corrected chi connectivity index (χ3v) is 2.83. The third kappa shape index (κ3) is 4.03. The largest absolute Gasteiger partial charge is 0.486 e. The van der Waals surface area contributed by atoms with Crippen molar-refractivity contribution in [1.82, 2.24) is 0 Å². The lowest BCUT2D eigenvalue weighted by atomic mass is 10.1. The normalized spacial score (nSPS) is 10.3. The van der Waals surface area contributed by atoms with Gasteiger partial charge < -0.3 is 4.74 Å². The van der Waals surface area contributed by atoms with Gasteiger partial charge in [0.1, 0.15) is 24.0 Å². The monoisotopic (exact) mass is 296 g/mol. The van der Waals surface area contributed by atoms with Gasteiger partial charge >= 0.3 is 0 Å². The Bertz CT molecular complexity index is 629. The van der Waals surface area contributed by atoms with E-state index in [4.69, 9.17) is 16.3 Å². The lowest BCUT2D eigenvalue weighted by molar-refractivity contribution is -0.120. The summed E-state index contributed by atoms with van der Waals surface area (Å²) in [5.41, 5.74) is 0.145. The van der Waals surface area contributed by atoms with Gasteiger partial charge in [0, 0.05) is 17.5 Å². The summed E-state index contributed by atoms with van der Waals surface area (Å²) in [4.78, 5) is 11.7. The van der Waals surface area contributed by atoms with Crippen LogP contribution in [0.2, 0.25) is 5.02 Å². The van der Waals surface area contributed by atoms with Crippen molar-refractivity contribution in [2.45, 2.75) is 6.42 Å². The molecule has 2 nitrogen and oxygen atoms in total. The van der Waals surface area contributed by atoms with Gasteiger partial charge in [-0.05, 0) is 29.8 Å². The number of ether oxygens (including phenoxy) is 1. The Morgan fingerprint density at radius 1 is 1.15 bits per heavy atom. The molecular formula is C15H11ClF2O2. The number of carbonyl (C=O) groups excluding carboxylic acids is 1. The van der Waals surface area contributed by atoms with Crippen LogP contribution in [0.25, 0.3) is 0 Å². The molecule has 0 heterocycles. The van der Waals surface area contributed by atoms with Crippen LogP contribution < -0.4 is 4.74 Å². The van der Waals surface area contributed by atoms with Gasteiger partial charge in [-0.3, -0.25) is 4.79 Å². The van der Waals surface area contributed by atoms with Crippen molar-refractivity contribution in [3.05, 3.63) is 64.7 Å². The van der Waals surface area contributed by atoms with Gasteiger partial charge in [0.2, 0.25) is 0 Å². The molecule has 0 aliphatic rings. The van der Waals surface area contributed by atoms with Crippen molar-refractivity contribution in [1.29, 1.82) is 0 Å². The number of hydrogen-bond acceptors (Lipinski definition) is 2. The Hall–Kier alpha value is -1.94. The minimum absolute atomic E-state index is 0.145. The van der Waals surface area contributed by atoms with Crippen LogP contribution in [-0.4, -0.2) is 12.4 Å². The van der Waals surface area contributed by atoms with Crippen molar-refractivity contribution in [3.8, 4) is 5.75 Å². The predicted molar refractivity (Wildman–Crippen MR) is 72.0 cm³/mol. The first-order valence-corrected chi connectivity index (χ1v) is 6.26. The SMILES string of the molecule is O=C(COc1cccc(Cl)c1)Cc1ccc(F)cc1F. The maximum atomic E-state index is 13.4. The van der Waals surface area contributed by atoms with Gasteiger partial charge in [-0.15, -0.1) is 0 Å². The van der Waals surface area contributed by atoms with E-state index in [0.29, 0.717) is 10.8 Å². The smallest absolute Gasteiger partial charge is 0.174 e. The van der Waals surface area contributed by atoms with E-state index in [9.17, 15) is 13.6 Å². The molecule has 20 heavy (non-hydrogen) atoms. The second-order valence-corrected chi connectivity index (χ2v) is 4.63. The zero-order chi connectivity index (χ0) is 14.5. The molecule has 0 spiro atoms.